The van der Waals surface area contributed by atoms with Crippen molar-refractivity contribution in [1.29, 1.82) is 0 Å². The first-order chi connectivity index (χ1) is 5.38. The second-order valence-electron chi connectivity index (χ2n) is 2.32. The maximum Gasteiger partial charge on any atom is 0.0391 e. The molecule has 0 saturated carbocycles. The van der Waals surface area contributed by atoms with Crippen molar-refractivity contribution in [1.82, 2.24) is 0 Å². The number of hydrogen-bond acceptors (Lipinski definition) is 2. The van der Waals surface area contributed by atoms with Gasteiger partial charge in [0.25, 0.3) is 0 Å². The minimum absolute atomic E-state index is 0.580. The molecule has 1 aromatic carbocycles. The third kappa shape index (κ3) is 1.95. The van der Waals surface area contributed by atoms with Crippen LogP contribution in [0.4, 0.5) is 5.69 Å². The zero-order chi connectivity index (χ0) is 8.10. The molecule has 1 radical (unpaired) electrons. The van der Waals surface area contributed by atoms with Gasteiger partial charge in [-0.05, 0) is 24.6 Å². The first-order valence-electron chi connectivity index (χ1n) is 3.81. The smallest absolute Gasteiger partial charge is 0.0391 e. The summed E-state index contributed by atoms with van der Waals surface area (Å²) in [5.41, 5.74) is 7.77. The van der Waals surface area contributed by atoms with Crippen molar-refractivity contribution in [3.63, 3.8) is 0 Å². The van der Waals surface area contributed by atoms with Crippen molar-refractivity contribution in [3.8, 4) is 0 Å². The molecule has 0 saturated heterocycles. The summed E-state index contributed by atoms with van der Waals surface area (Å²) in [5, 5.41) is 3.22. The lowest BCUT2D eigenvalue weighted by atomic mass is 10.2. The Balaban J connectivity index is 2.83. The van der Waals surface area contributed by atoms with E-state index in [1.165, 1.54) is 0 Å². The van der Waals surface area contributed by atoms with E-state index in [1.54, 1.807) is 0 Å². The predicted octanol–water partition coefficient (Wildman–Crippen LogP) is 1.38. The van der Waals surface area contributed by atoms with Gasteiger partial charge in [0.2, 0.25) is 0 Å². The summed E-state index contributed by atoms with van der Waals surface area (Å²) in [4.78, 5) is 0. The molecule has 1 rings (SSSR count). The van der Waals surface area contributed by atoms with Crippen LogP contribution < -0.4 is 11.1 Å². The molecule has 3 N–H and O–H groups in total. The molecule has 1 aromatic rings. The quantitative estimate of drug-likeness (QED) is 0.681. The van der Waals surface area contributed by atoms with E-state index in [-0.39, 0.29) is 0 Å². The van der Waals surface area contributed by atoms with Crippen LogP contribution in [0.3, 0.4) is 0 Å². The maximum absolute atomic E-state index is 5.53. The van der Waals surface area contributed by atoms with Gasteiger partial charge < -0.3 is 11.1 Å². The van der Waals surface area contributed by atoms with Crippen molar-refractivity contribution >= 4 is 5.69 Å². The van der Waals surface area contributed by atoms with Crippen molar-refractivity contribution < 1.29 is 0 Å². The van der Waals surface area contributed by atoms with E-state index < -0.39 is 0 Å². The van der Waals surface area contributed by atoms with E-state index >= 15 is 0 Å². The van der Waals surface area contributed by atoms with Crippen LogP contribution in [0.5, 0.6) is 0 Å². The predicted molar refractivity (Wildman–Crippen MR) is 47.3 cm³/mol. The molecular formula is C9H13N2. The van der Waals surface area contributed by atoms with Crippen molar-refractivity contribution in [2.45, 2.75) is 13.5 Å². The van der Waals surface area contributed by atoms with E-state index in [1.807, 2.05) is 18.2 Å². The van der Waals surface area contributed by atoms with Gasteiger partial charge in [0.1, 0.15) is 0 Å². The highest BCUT2D eigenvalue weighted by molar-refractivity contribution is 5.50. The zero-order valence-electron chi connectivity index (χ0n) is 6.72. The van der Waals surface area contributed by atoms with Crippen LogP contribution in [0, 0.1) is 6.07 Å². The summed E-state index contributed by atoms with van der Waals surface area (Å²) in [5.74, 6) is 0. The highest BCUT2D eigenvalue weighted by Gasteiger charge is 1.95. The summed E-state index contributed by atoms with van der Waals surface area (Å²) in [6.45, 7) is 3.56. The monoisotopic (exact) mass is 149 g/mol. The van der Waals surface area contributed by atoms with Crippen molar-refractivity contribution in [3.05, 3.63) is 29.8 Å². The standard InChI is InChI=1S/C9H13N2/c1-2-11-9-6-4-3-5-8(9)7-10/h3,5-6,11H,2,7,10H2,1H3. The van der Waals surface area contributed by atoms with Gasteiger partial charge in [-0.25, -0.2) is 0 Å². The highest BCUT2D eigenvalue weighted by atomic mass is 14.9. The first-order valence-corrected chi connectivity index (χ1v) is 3.81. The number of nitrogens with one attached hydrogen (secondary N) is 1. The van der Waals surface area contributed by atoms with Crippen LogP contribution in [0.1, 0.15) is 12.5 Å². The van der Waals surface area contributed by atoms with E-state index in [0.717, 1.165) is 17.8 Å². The third-order valence-electron chi connectivity index (χ3n) is 1.54. The van der Waals surface area contributed by atoms with Gasteiger partial charge in [-0.1, -0.05) is 12.1 Å². The Labute approximate surface area is 67.4 Å². The molecule has 59 valence electrons. The van der Waals surface area contributed by atoms with Gasteiger partial charge in [-0.2, -0.15) is 0 Å². The zero-order valence-corrected chi connectivity index (χ0v) is 6.72. The lowest BCUT2D eigenvalue weighted by Gasteiger charge is -2.07. The number of nitrogens with two attached hydrogens (primary N) is 1. The third-order valence-corrected chi connectivity index (χ3v) is 1.54. The van der Waals surface area contributed by atoms with E-state index in [2.05, 4.69) is 18.3 Å². The Bertz CT molecular complexity index is 221. The van der Waals surface area contributed by atoms with E-state index in [4.69, 9.17) is 5.73 Å². The van der Waals surface area contributed by atoms with Gasteiger partial charge in [0, 0.05) is 18.8 Å². The van der Waals surface area contributed by atoms with Crippen LogP contribution in [0.2, 0.25) is 0 Å². The topological polar surface area (TPSA) is 38.0 Å². The second-order valence-corrected chi connectivity index (χ2v) is 2.32. The Hall–Kier alpha value is -1.02. The summed E-state index contributed by atoms with van der Waals surface area (Å²) in [6, 6.07) is 8.79. The van der Waals surface area contributed by atoms with Gasteiger partial charge in [-0.3, -0.25) is 0 Å². The van der Waals surface area contributed by atoms with Crippen LogP contribution in [0.25, 0.3) is 0 Å². The summed E-state index contributed by atoms with van der Waals surface area (Å²) in [7, 11) is 0. The van der Waals surface area contributed by atoms with Crippen molar-refractivity contribution in [2.24, 2.45) is 5.73 Å². The van der Waals surface area contributed by atoms with Gasteiger partial charge in [0.15, 0.2) is 0 Å². The van der Waals surface area contributed by atoms with E-state index in [0.29, 0.717) is 6.54 Å². The van der Waals surface area contributed by atoms with Crippen LogP contribution in [0.15, 0.2) is 18.2 Å². The molecule has 0 spiro atoms. The van der Waals surface area contributed by atoms with Crippen molar-refractivity contribution in [2.75, 3.05) is 11.9 Å². The van der Waals surface area contributed by atoms with Gasteiger partial charge in [0.05, 0.1) is 0 Å². The lowest BCUT2D eigenvalue weighted by Crippen LogP contribution is -2.04. The summed E-state index contributed by atoms with van der Waals surface area (Å²) >= 11 is 0. The Morgan fingerprint density at radius 2 is 2.45 bits per heavy atom. The first kappa shape index (κ1) is 8.08. The molecule has 0 bridgehead atoms. The fourth-order valence-electron chi connectivity index (χ4n) is 0.996. The molecule has 2 nitrogen and oxygen atoms in total. The second kappa shape index (κ2) is 3.98. The summed E-state index contributed by atoms with van der Waals surface area (Å²) < 4.78 is 0. The van der Waals surface area contributed by atoms with Crippen LogP contribution in [-0.4, -0.2) is 6.54 Å². The molecule has 11 heavy (non-hydrogen) atoms. The normalized spacial score (nSPS) is 9.64. The molecule has 0 aliphatic heterocycles. The lowest BCUT2D eigenvalue weighted by molar-refractivity contribution is 1.06. The molecule has 0 amide bonds. The Morgan fingerprint density at radius 3 is 3.09 bits per heavy atom. The fourth-order valence-corrected chi connectivity index (χ4v) is 0.996. The molecule has 0 heterocycles. The minimum Gasteiger partial charge on any atom is -0.385 e. The molecular weight excluding hydrogens is 136 g/mol. The van der Waals surface area contributed by atoms with Crippen LogP contribution in [-0.2, 0) is 6.54 Å². The molecule has 0 fully saturated rings. The molecule has 0 aliphatic carbocycles. The minimum atomic E-state index is 0.580. The molecule has 0 aliphatic rings. The van der Waals surface area contributed by atoms with Crippen LogP contribution >= 0.6 is 0 Å². The molecule has 2 heteroatoms. The number of hydrogen-bond donors (Lipinski definition) is 2. The molecule has 0 aromatic heterocycles. The maximum atomic E-state index is 5.53. The number of rotatable bonds is 3. The molecule has 0 unspecified atom stereocenters. The Morgan fingerprint density at radius 1 is 1.64 bits per heavy atom. The van der Waals surface area contributed by atoms with Gasteiger partial charge >= 0.3 is 0 Å². The largest absolute Gasteiger partial charge is 0.385 e. The number of benzene rings is 1. The summed E-state index contributed by atoms with van der Waals surface area (Å²) in [6.07, 6.45) is 0. The molecule has 0 atom stereocenters. The van der Waals surface area contributed by atoms with Gasteiger partial charge in [-0.15, -0.1) is 0 Å². The Kier molecular flexibility index (Phi) is 2.93. The fraction of sp³-hybridized carbons (Fsp3) is 0.333. The van der Waals surface area contributed by atoms with E-state index in [9.17, 15) is 0 Å². The highest BCUT2D eigenvalue weighted by Crippen LogP contribution is 2.12. The average molecular weight is 149 g/mol. The average Bonchev–Trinajstić information content (AvgIpc) is 2.06. The SMILES string of the molecule is CCNc1c[c]ccc1CN. The number of anilines is 1.